The maximum atomic E-state index is 3.58. The van der Waals surface area contributed by atoms with Gasteiger partial charge < -0.3 is 10.2 Å². The second-order valence-corrected chi connectivity index (χ2v) is 6.12. The molecule has 2 rings (SSSR count). The molecule has 16 heavy (non-hydrogen) atoms. The van der Waals surface area contributed by atoms with Crippen LogP contribution in [-0.4, -0.2) is 24.5 Å². The van der Waals surface area contributed by atoms with Crippen LogP contribution in [0.5, 0.6) is 0 Å². The highest BCUT2D eigenvalue weighted by molar-refractivity contribution is 7.12. The number of hydrogen-bond acceptors (Lipinski definition) is 3. The van der Waals surface area contributed by atoms with Crippen molar-refractivity contribution in [2.45, 2.75) is 45.8 Å². The van der Waals surface area contributed by atoms with Crippen molar-refractivity contribution >= 4 is 11.3 Å². The zero-order chi connectivity index (χ0) is 11.5. The van der Waals surface area contributed by atoms with Crippen molar-refractivity contribution in [3.8, 4) is 0 Å². The van der Waals surface area contributed by atoms with Crippen LogP contribution in [0.1, 0.15) is 35.1 Å². The van der Waals surface area contributed by atoms with Crippen molar-refractivity contribution in [1.29, 1.82) is 0 Å². The number of thiophene rings is 1. The predicted octanol–water partition coefficient (Wildman–Crippen LogP) is 2.76. The monoisotopic (exact) mass is 238 g/mol. The van der Waals surface area contributed by atoms with E-state index in [9.17, 15) is 0 Å². The molecule has 0 bridgehead atoms. The Morgan fingerprint density at radius 1 is 1.50 bits per heavy atom. The van der Waals surface area contributed by atoms with Gasteiger partial charge in [0, 0.05) is 28.9 Å². The Morgan fingerprint density at radius 2 is 2.25 bits per heavy atom. The maximum absolute atomic E-state index is 3.58. The van der Waals surface area contributed by atoms with Gasteiger partial charge >= 0.3 is 0 Å². The molecule has 2 nitrogen and oxygen atoms in total. The first-order valence-electron chi connectivity index (χ1n) is 6.19. The van der Waals surface area contributed by atoms with Crippen molar-refractivity contribution in [3.05, 3.63) is 21.4 Å². The normalized spacial score (nSPS) is 16.0. The SMILES string of the molecule is CCN(C)Cc1cc(CNC2CC2)sc1C. The van der Waals surface area contributed by atoms with Crippen molar-refractivity contribution < 1.29 is 0 Å². The van der Waals surface area contributed by atoms with Gasteiger partial charge in [0.25, 0.3) is 0 Å². The second-order valence-electron chi connectivity index (χ2n) is 4.78. The zero-order valence-corrected chi connectivity index (χ0v) is 11.4. The number of aryl methyl sites for hydroxylation is 1. The van der Waals surface area contributed by atoms with Crippen LogP contribution in [0.4, 0.5) is 0 Å². The molecule has 1 aromatic rings. The molecule has 1 saturated carbocycles. The first-order chi connectivity index (χ1) is 7.69. The number of hydrogen-bond donors (Lipinski definition) is 1. The maximum Gasteiger partial charge on any atom is 0.0302 e. The minimum Gasteiger partial charge on any atom is -0.309 e. The largest absolute Gasteiger partial charge is 0.309 e. The van der Waals surface area contributed by atoms with Crippen LogP contribution in [0.3, 0.4) is 0 Å². The molecule has 1 aromatic heterocycles. The summed E-state index contributed by atoms with van der Waals surface area (Å²) in [6.07, 6.45) is 2.74. The van der Waals surface area contributed by atoms with Crippen LogP contribution in [0, 0.1) is 6.92 Å². The Hall–Kier alpha value is -0.380. The summed E-state index contributed by atoms with van der Waals surface area (Å²) in [6, 6.07) is 3.19. The van der Waals surface area contributed by atoms with Gasteiger partial charge in [-0.3, -0.25) is 0 Å². The molecular formula is C13H22N2S. The van der Waals surface area contributed by atoms with Gasteiger partial charge in [-0.15, -0.1) is 11.3 Å². The Balaban J connectivity index is 1.91. The first kappa shape index (κ1) is 12.1. The van der Waals surface area contributed by atoms with Gasteiger partial charge in [0.15, 0.2) is 0 Å². The van der Waals surface area contributed by atoms with Gasteiger partial charge in [0.1, 0.15) is 0 Å². The Labute approximate surface area is 103 Å². The van der Waals surface area contributed by atoms with Gasteiger partial charge in [0.05, 0.1) is 0 Å². The van der Waals surface area contributed by atoms with E-state index in [1.54, 1.807) is 0 Å². The summed E-state index contributed by atoms with van der Waals surface area (Å²) in [4.78, 5) is 5.32. The van der Waals surface area contributed by atoms with Crippen LogP contribution in [0.2, 0.25) is 0 Å². The van der Waals surface area contributed by atoms with E-state index in [2.05, 4.69) is 37.2 Å². The smallest absolute Gasteiger partial charge is 0.0302 e. The molecule has 1 fully saturated rings. The van der Waals surface area contributed by atoms with E-state index in [0.29, 0.717) is 0 Å². The first-order valence-corrected chi connectivity index (χ1v) is 7.00. The number of nitrogens with zero attached hydrogens (tertiary/aromatic N) is 1. The standard InChI is InChI=1S/C13H22N2S/c1-4-15(3)9-11-7-13(16-10(11)2)8-14-12-5-6-12/h7,12,14H,4-6,8-9H2,1-3H3. The Bertz CT molecular complexity index is 342. The summed E-state index contributed by atoms with van der Waals surface area (Å²) in [5, 5.41) is 3.58. The topological polar surface area (TPSA) is 15.3 Å². The van der Waals surface area contributed by atoms with E-state index in [-0.39, 0.29) is 0 Å². The molecule has 0 unspecified atom stereocenters. The van der Waals surface area contributed by atoms with E-state index < -0.39 is 0 Å². The fraction of sp³-hybridized carbons (Fsp3) is 0.692. The van der Waals surface area contributed by atoms with Gasteiger partial charge in [-0.1, -0.05) is 6.92 Å². The van der Waals surface area contributed by atoms with Crippen LogP contribution < -0.4 is 5.32 Å². The number of rotatable bonds is 6. The van der Waals surface area contributed by atoms with Gasteiger partial charge in [-0.25, -0.2) is 0 Å². The predicted molar refractivity (Wildman–Crippen MR) is 70.9 cm³/mol. The van der Waals surface area contributed by atoms with E-state index in [4.69, 9.17) is 0 Å². The molecule has 90 valence electrons. The van der Waals surface area contributed by atoms with E-state index in [1.165, 1.54) is 28.2 Å². The Morgan fingerprint density at radius 3 is 2.88 bits per heavy atom. The second kappa shape index (κ2) is 5.30. The molecule has 1 aliphatic carbocycles. The lowest BCUT2D eigenvalue weighted by Crippen LogP contribution is -2.17. The molecule has 1 aliphatic rings. The molecule has 0 spiro atoms. The van der Waals surface area contributed by atoms with Crippen molar-refractivity contribution in [2.24, 2.45) is 0 Å². The lowest BCUT2D eigenvalue weighted by Gasteiger charge is -2.12. The molecule has 0 aliphatic heterocycles. The molecule has 3 heteroatoms. The highest BCUT2D eigenvalue weighted by atomic mass is 32.1. The zero-order valence-electron chi connectivity index (χ0n) is 10.5. The van der Waals surface area contributed by atoms with Crippen LogP contribution >= 0.6 is 11.3 Å². The highest BCUT2D eigenvalue weighted by Gasteiger charge is 2.20. The third-order valence-electron chi connectivity index (χ3n) is 3.19. The average Bonchev–Trinajstić information content (AvgIpc) is 3.03. The van der Waals surface area contributed by atoms with Crippen LogP contribution in [-0.2, 0) is 13.1 Å². The average molecular weight is 238 g/mol. The molecule has 1 N–H and O–H groups in total. The quantitative estimate of drug-likeness (QED) is 0.820. The van der Waals surface area contributed by atoms with E-state index >= 15 is 0 Å². The summed E-state index contributed by atoms with van der Waals surface area (Å²) < 4.78 is 0. The Kier molecular flexibility index (Phi) is 4.00. The summed E-state index contributed by atoms with van der Waals surface area (Å²) in [5.74, 6) is 0. The summed E-state index contributed by atoms with van der Waals surface area (Å²) >= 11 is 1.95. The molecule has 0 amide bonds. The van der Waals surface area contributed by atoms with Crippen molar-refractivity contribution in [3.63, 3.8) is 0 Å². The fourth-order valence-electron chi connectivity index (χ4n) is 1.77. The fourth-order valence-corrected chi connectivity index (χ4v) is 2.77. The van der Waals surface area contributed by atoms with Crippen LogP contribution in [0.15, 0.2) is 6.07 Å². The highest BCUT2D eigenvalue weighted by Crippen LogP contribution is 2.24. The lowest BCUT2D eigenvalue weighted by molar-refractivity contribution is 0.345. The summed E-state index contributed by atoms with van der Waals surface area (Å²) in [5.41, 5.74) is 1.50. The van der Waals surface area contributed by atoms with Gasteiger partial charge in [0.2, 0.25) is 0 Å². The summed E-state index contributed by atoms with van der Waals surface area (Å²) in [6.45, 7) is 7.71. The van der Waals surface area contributed by atoms with Crippen molar-refractivity contribution in [2.75, 3.05) is 13.6 Å². The molecule has 0 radical (unpaired) electrons. The van der Waals surface area contributed by atoms with Gasteiger partial charge in [-0.2, -0.15) is 0 Å². The summed E-state index contributed by atoms with van der Waals surface area (Å²) in [7, 11) is 2.18. The molecule has 0 aromatic carbocycles. The van der Waals surface area contributed by atoms with Crippen molar-refractivity contribution in [1.82, 2.24) is 10.2 Å². The minimum atomic E-state index is 0.809. The lowest BCUT2D eigenvalue weighted by atomic mass is 10.2. The van der Waals surface area contributed by atoms with E-state index in [0.717, 1.165) is 25.7 Å². The van der Waals surface area contributed by atoms with E-state index in [1.807, 2.05) is 11.3 Å². The molecule has 0 atom stereocenters. The molecular weight excluding hydrogens is 216 g/mol. The number of nitrogens with one attached hydrogen (secondary N) is 1. The van der Waals surface area contributed by atoms with Crippen LogP contribution in [0.25, 0.3) is 0 Å². The third kappa shape index (κ3) is 3.30. The molecule has 1 heterocycles. The minimum absolute atomic E-state index is 0.809. The van der Waals surface area contributed by atoms with Gasteiger partial charge in [-0.05, 0) is 45.0 Å². The third-order valence-corrected chi connectivity index (χ3v) is 4.29. The molecule has 0 saturated heterocycles.